The molecule has 37 atom stereocenters. The number of carboxylic acid groups (broad SMARTS) is 1. The summed E-state index contributed by atoms with van der Waals surface area (Å²) in [5.74, 6) is -11.6. The highest BCUT2D eigenvalue weighted by molar-refractivity contribution is 5.82. The Balaban J connectivity index is 0.944. The maximum Gasteiger partial charge on any atom is 0.335 e. The number of esters is 5. The molecule has 33 nitrogen and oxygen atoms in total. The molecule has 6 saturated heterocycles. The normalized spacial score (nSPS) is 50.7. The minimum absolute atomic E-state index is 0.0643. The van der Waals surface area contributed by atoms with Crippen molar-refractivity contribution in [3.05, 3.63) is 11.6 Å². The summed E-state index contributed by atoms with van der Waals surface area (Å²) >= 11 is 0. The second-order valence-corrected chi connectivity index (χ2v) is 32.8. The summed E-state index contributed by atoms with van der Waals surface area (Å²) in [7, 11) is 1.29. The van der Waals surface area contributed by atoms with Crippen molar-refractivity contribution in [2.45, 2.75) is 312 Å². The number of carboxylic acids is 1. The summed E-state index contributed by atoms with van der Waals surface area (Å²) < 4.78 is 87.0. The van der Waals surface area contributed by atoms with Gasteiger partial charge in [-0.25, -0.2) is 4.79 Å². The van der Waals surface area contributed by atoms with Crippen LogP contribution in [0.5, 0.6) is 0 Å². The number of methoxy groups -OCH3 is 1. The molecule has 18 unspecified atom stereocenters. The number of allylic oxidation sites excluding steroid dienone is 2. The maximum atomic E-state index is 16.4. The number of hydrogen-bond donors (Lipinski definition) is 13. The first-order valence-corrected chi connectivity index (χ1v) is 37.0. The molecule has 13 N–H and O–H groups in total. The number of hydrogen-bond acceptors (Lipinski definition) is 32. The molecule has 10 fully saturated rings. The lowest BCUT2D eigenvalue weighted by molar-refractivity contribution is -0.416. The highest BCUT2D eigenvalue weighted by Crippen LogP contribution is 2.76. The number of carbonyl (C=O) groups is 6. The van der Waals surface area contributed by atoms with Gasteiger partial charge in [0.1, 0.15) is 91.4 Å². The van der Waals surface area contributed by atoms with Crippen LogP contribution in [0, 0.1) is 62.1 Å². The fourth-order valence-electron chi connectivity index (χ4n) is 20.4. The number of fused-ring (bicyclic) bond motifs is 8. The monoisotopic (exact) mass is 1500 g/mol. The molecular formula is C72H110O33. The molecule has 0 aromatic carbocycles. The second-order valence-electron chi connectivity index (χ2n) is 32.8. The van der Waals surface area contributed by atoms with Crippen molar-refractivity contribution >= 4 is 35.8 Å². The highest BCUT2D eigenvalue weighted by Gasteiger charge is 2.73. The molecule has 105 heavy (non-hydrogen) atoms. The van der Waals surface area contributed by atoms with Gasteiger partial charge in [0.2, 0.25) is 12.1 Å². The first kappa shape index (κ1) is 81.7. The third-order valence-corrected chi connectivity index (χ3v) is 27.1. The quantitative estimate of drug-likeness (QED) is 0.0345. The van der Waals surface area contributed by atoms with E-state index >= 15 is 4.79 Å². The Bertz CT molecular complexity index is 3210. The van der Waals surface area contributed by atoms with E-state index in [9.17, 15) is 90.4 Å². The van der Waals surface area contributed by atoms with Crippen LogP contribution in [0.2, 0.25) is 0 Å². The van der Waals surface area contributed by atoms with Crippen LogP contribution in [0.4, 0.5) is 0 Å². The van der Waals surface area contributed by atoms with E-state index in [1.165, 1.54) is 34.8 Å². The summed E-state index contributed by atoms with van der Waals surface area (Å²) in [6.45, 7) is 17.3. The fourth-order valence-corrected chi connectivity index (χ4v) is 20.4. The molecule has 6 heterocycles. The lowest BCUT2D eigenvalue weighted by Crippen LogP contribution is -2.71. The smallest absolute Gasteiger partial charge is 0.335 e. The second kappa shape index (κ2) is 30.4. The van der Waals surface area contributed by atoms with Gasteiger partial charge in [0, 0.05) is 12.3 Å². The molecule has 0 amide bonds. The summed E-state index contributed by atoms with van der Waals surface area (Å²) in [5.41, 5.74) is -4.85. The minimum atomic E-state index is -2.64. The SMILES string of the molecule is CC[C@H](C)C(=O)OC1C(O)[C@H](OC2C3O[C@@]4(OC(CO)[C@@H](O)C(O)C4O)[C@@H](CC)C(=O)O[C@@H]3C(C)O[C@H]2OC(=O)[C@]23CC[C@](C)(C(=O)OC)CC2C2=CCC4[C@@]5(C)CC[C@H](O[C@@H]6OC(C(=O)O)[C@H](O)C(O)C6O[C@@H]6OC(CO)[C@H](O)C(O)C6O)[C@@](C)(COC(C)=O)C5CC[C@@]4(C)[C@]2(C)CC3)OC(C)[C@@H]1O. The Hall–Kier alpha value is -4.28. The topological polar surface area (TPSA) is 495 Å². The van der Waals surface area contributed by atoms with Crippen molar-refractivity contribution in [1.82, 2.24) is 0 Å². The number of aliphatic hydroxyl groups is 12. The van der Waals surface area contributed by atoms with E-state index in [-0.39, 0.29) is 57.0 Å². The van der Waals surface area contributed by atoms with Crippen molar-refractivity contribution in [2.24, 2.45) is 62.1 Å². The van der Waals surface area contributed by atoms with E-state index < -0.39 is 258 Å². The molecule has 0 aromatic rings. The fraction of sp³-hybridized carbons (Fsp3) is 0.889. The Morgan fingerprint density at radius 2 is 1.28 bits per heavy atom. The number of aliphatic carboxylic acids is 1. The molecule has 4 saturated carbocycles. The highest BCUT2D eigenvalue weighted by atomic mass is 16.8. The van der Waals surface area contributed by atoms with Gasteiger partial charge in [0.25, 0.3) is 0 Å². The first-order valence-electron chi connectivity index (χ1n) is 37.0. The Morgan fingerprint density at radius 3 is 1.91 bits per heavy atom. The van der Waals surface area contributed by atoms with Gasteiger partial charge in [-0.15, -0.1) is 0 Å². The van der Waals surface area contributed by atoms with Crippen LogP contribution >= 0.6 is 0 Å². The van der Waals surface area contributed by atoms with Crippen molar-refractivity contribution in [2.75, 3.05) is 26.9 Å². The Kier molecular flexibility index (Phi) is 23.7. The molecular weight excluding hydrogens is 1390 g/mol. The zero-order valence-electron chi connectivity index (χ0n) is 61.5. The van der Waals surface area contributed by atoms with Gasteiger partial charge in [-0.2, -0.15) is 0 Å². The van der Waals surface area contributed by atoms with Crippen LogP contribution in [-0.2, 0) is 95.1 Å². The molecule has 596 valence electrons. The predicted octanol–water partition coefficient (Wildman–Crippen LogP) is -0.809. The van der Waals surface area contributed by atoms with Crippen LogP contribution < -0.4 is 0 Å². The number of aliphatic hydroxyl groups excluding tert-OH is 12. The van der Waals surface area contributed by atoms with Gasteiger partial charge in [-0.1, -0.05) is 60.1 Å². The van der Waals surface area contributed by atoms with Crippen molar-refractivity contribution in [3.63, 3.8) is 0 Å². The molecule has 6 aliphatic heterocycles. The van der Waals surface area contributed by atoms with E-state index in [2.05, 4.69) is 26.8 Å². The van der Waals surface area contributed by atoms with Crippen LogP contribution in [0.3, 0.4) is 0 Å². The predicted molar refractivity (Wildman–Crippen MR) is 350 cm³/mol. The summed E-state index contributed by atoms with van der Waals surface area (Å²) in [4.78, 5) is 84.2. The van der Waals surface area contributed by atoms with Crippen molar-refractivity contribution in [1.29, 1.82) is 0 Å². The molecule has 1 spiro atoms. The molecule has 11 aliphatic rings. The Morgan fingerprint density at radius 1 is 0.629 bits per heavy atom. The largest absolute Gasteiger partial charge is 0.479 e. The van der Waals surface area contributed by atoms with Gasteiger partial charge in [-0.3, -0.25) is 24.0 Å². The van der Waals surface area contributed by atoms with Gasteiger partial charge >= 0.3 is 35.8 Å². The summed E-state index contributed by atoms with van der Waals surface area (Å²) in [5, 5.41) is 144. The summed E-state index contributed by atoms with van der Waals surface area (Å²) in [6.07, 6.45) is -39.6. The lowest BCUT2D eigenvalue weighted by Gasteiger charge is -2.71. The minimum Gasteiger partial charge on any atom is -0.479 e. The molecule has 0 aromatic heterocycles. The van der Waals surface area contributed by atoms with Crippen LogP contribution in [-0.4, -0.2) is 288 Å². The van der Waals surface area contributed by atoms with Gasteiger partial charge in [-0.05, 0) is 132 Å². The van der Waals surface area contributed by atoms with Gasteiger partial charge in [0.05, 0.1) is 62.0 Å². The average Bonchev–Trinajstić information content (AvgIpc) is 0.969. The van der Waals surface area contributed by atoms with Gasteiger partial charge in [0.15, 0.2) is 43.3 Å². The first-order chi connectivity index (χ1) is 49.3. The number of carbonyl (C=O) groups excluding carboxylic acids is 5. The molecule has 11 rings (SSSR count). The van der Waals surface area contributed by atoms with E-state index in [1.807, 2.05) is 6.92 Å². The molecule has 33 heteroatoms. The van der Waals surface area contributed by atoms with Crippen LogP contribution in [0.15, 0.2) is 11.6 Å². The number of ether oxygens (including phenoxy) is 14. The van der Waals surface area contributed by atoms with Crippen molar-refractivity contribution in [3.8, 4) is 0 Å². The van der Waals surface area contributed by atoms with E-state index in [0.717, 1.165) is 5.57 Å². The standard InChI is InChI=1S/C72H110O33/c1-13-29(3)58(88)99-51-41(76)30(4)94-61(49(51)84)102-55-54-50(98-59(89)33(14-2)72(105-54)56(85)47(82)43(78)37(27-74)104-72)31(5)95-63(55)103-65(91)71-23-21-66(7,64(90)92-12)25-35(71)34-15-16-39-67(8)19-18-40(68(9,28-93-32(6)75)38(67)17-20-70(39,11)69(34,10)22-24-71)97-62-53(46(81)45(80)52(100-62)57(86)87)101-60-48(83)44(79)42(77)36(26-73)96-60/h15,29-31,33,35-56,60-63,73-74,76-85H,13-14,16-28H2,1-12H3,(H,86,87)/t29-,30?,31?,33-,35?,36?,37?,38?,39?,40-,41-,42-,43+,44?,45+,46?,47?,48?,49?,50+,51?,52?,53?,54?,55?,56?,60-,61-,62+,63-,66-,67-,68-,69+,70+,71-,72-/m0/s1. The average molecular weight is 1500 g/mol. The van der Waals surface area contributed by atoms with Crippen LogP contribution in [0.25, 0.3) is 0 Å². The van der Waals surface area contributed by atoms with E-state index in [0.29, 0.717) is 38.5 Å². The molecule has 5 aliphatic carbocycles. The van der Waals surface area contributed by atoms with E-state index in [4.69, 9.17) is 66.3 Å². The number of rotatable bonds is 18. The zero-order chi connectivity index (χ0) is 77.1. The van der Waals surface area contributed by atoms with Gasteiger partial charge < -0.3 is 133 Å². The van der Waals surface area contributed by atoms with Crippen molar-refractivity contribution < 1.29 is 161 Å². The third-order valence-electron chi connectivity index (χ3n) is 27.1. The molecule has 0 bridgehead atoms. The Labute approximate surface area is 608 Å². The molecule has 0 radical (unpaired) electrons. The lowest BCUT2D eigenvalue weighted by atomic mass is 9.33. The van der Waals surface area contributed by atoms with Crippen LogP contribution in [0.1, 0.15) is 153 Å². The third kappa shape index (κ3) is 13.6. The van der Waals surface area contributed by atoms with E-state index in [1.54, 1.807) is 20.8 Å². The zero-order valence-corrected chi connectivity index (χ0v) is 61.5. The summed E-state index contributed by atoms with van der Waals surface area (Å²) in [6, 6.07) is 0. The maximum absolute atomic E-state index is 16.4.